The maximum atomic E-state index is 13.7. The molecule has 1 N–H and O–H groups in total. The minimum Gasteiger partial charge on any atom is -0.478 e. The second kappa shape index (κ2) is 6.93. The molecule has 0 radical (unpaired) electrons. The molecule has 12 heteroatoms. The van der Waals surface area contributed by atoms with Gasteiger partial charge in [0.25, 0.3) is 0 Å². The van der Waals surface area contributed by atoms with Gasteiger partial charge in [-0.3, -0.25) is 0 Å². The number of rotatable bonds is 3. The van der Waals surface area contributed by atoms with Gasteiger partial charge in [0.15, 0.2) is 46.5 Å². The van der Waals surface area contributed by atoms with Crippen LogP contribution in [0.25, 0.3) is 11.6 Å². The molecule has 0 aromatic heterocycles. The van der Waals surface area contributed by atoms with Crippen LogP contribution < -0.4 is 0 Å². The molecule has 2 aromatic rings. The van der Waals surface area contributed by atoms with Gasteiger partial charge >= 0.3 is 5.97 Å². The fraction of sp³-hybridized carbons (Fsp3) is 0. The van der Waals surface area contributed by atoms with E-state index in [4.69, 9.17) is 5.11 Å². The quantitative estimate of drug-likeness (QED) is 0.265. The molecule has 2 nitrogen and oxygen atoms in total. The molecule has 144 valence electrons. The van der Waals surface area contributed by atoms with Crippen LogP contribution in [-0.4, -0.2) is 11.1 Å². The molecule has 0 saturated heterocycles. The summed E-state index contributed by atoms with van der Waals surface area (Å²) in [6.45, 7) is 0. The van der Waals surface area contributed by atoms with Crippen molar-refractivity contribution in [3.05, 3.63) is 69.3 Å². The van der Waals surface area contributed by atoms with Crippen LogP contribution in [0.4, 0.5) is 43.9 Å². The zero-order chi connectivity index (χ0) is 20.8. The van der Waals surface area contributed by atoms with Crippen molar-refractivity contribution < 1.29 is 53.8 Å². The second-order valence-electron chi connectivity index (χ2n) is 4.79. The molecular weight excluding hydrogens is 402 g/mol. The van der Waals surface area contributed by atoms with Gasteiger partial charge in [0.05, 0.1) is 16.7 Å². The van der Waals surface area contributed by atoms with E-state index < -0.39 is 86.9 Å². The maximum Gasteiger partial charge on any atom is 0.336 e. The fourth-order valence-electron chi connectivity index (χ4n) is 1.98. The third-order valence-corrected chi connectivity index (χ3v) is 3.24. The number of aliphatic carboxylic acids is 1. The van der Waals surface area contributed by atoms with Crippen LogP contribution >= 0.6 is 0 Å². The smallest absolute Gasteiger partial charge is 0.336 e. The summed E-state index contributed by atoms with van der Waals surface area (Å²) in [6, 6.07) is 0. The van der Waals surface area contributed by atoms with Crippen molar-refractivity contribution >= 4 is 17.6 Å². The van der Waals surface area contributed by atoms with Gasteiger partial charge in [-0.05, 0) is 6.08 Å². The number of carboxylic acids is 1. The monoisotopic (exact) mass is 404 g/mol. The zero-order valence-electron chi connectivity index (χ0n) is 12.2. The lowest BCUT2D eigenvalue weighted by atomic mass is 10.00. The average molecular weight is 404 g/mol. The Morgan fingerprint density at radius 3 is 1.19 bits per heavy atom. The Balaban J connectivity index is 2.94. The van der Waals surface area contributed by atoms with E-state index in [-0.39, 0.29) is 0 Å². The van der Waals surface area contributed by atoms with Crippen molar-refractivity contribution in [2.75, 3.05) is 0 Å². The summed E-state index contributed by atoms with van der Waals surface area (Å²) in [4.78, 5) is 11.1. The average Bonchev–Trinajstić information content (AvgIpc) is 2.63. The summed E-state index contributed by atoms with van der Waals surface area (Å²) in [5.74, 6) is -28.5. The van der Waals surface area contributed by atoms with Crippen LogP contribution in [-0.2, 0) is 4.79 Å². The maximum absolute atomic E-state index is 13.7. The van der Waals surface area contributed by atoms with Gasteiger partial charge < -0.3 is 5.11 Å². The minimum absolute atomic E-state index is 0.448. The Hall–Kier alpha value is -3.05. The summed E-state index contributed by atoms with van der Waals surface area (Å²) in [5, 5.41) is 8.92. The van der Waals surface area contributed by atoms with E-state index in [0.29, 0.717) is 0 Å². The van der Waals surface area contributed by atoms with Gasteiger partial charge in [-0.1, -0.05) is 0 Å². The molecule has 2 rings (SSSR count). The highest BCUT2D eigenvalue weighted by Gasteiger charge is 2.32. The molecule has 0 unspecified atom stereocenters. The highest BCUT2D eigenvalue weighted by Crippen LogP contribution is 2.32. The number of halogens is 10. The van der Waals surface area contributed by atoms with Gasteiger partial charge in [0.2, 0.25) is 11.6 Å². The topological polar surface area (TPSA) is 37.3 Å². The summed E-state index contributed by atoms with van der Waals surface area (Å²) >= 11 is 0. The van der Waals surface area contributed by atoms with Crippen LogP contribution in [0.5, 0.6) is 0 Å². The van der Waals surface area contributed by atoms with Crippen LogP contribution in [0.1, 0.15) is 11.1 Å². The zero-order valence-corrected chi connectivity index (χ0v) is 12.2. The number of hydrogen-bond acceptors (Lipinski definition) is 1. The molecule has 0 bridgehead atoms. The molecule has 0 heterocycles. The lowest BCUT2D eigenvalue weighted by molar-refractivity contribution is -0.130. The van der Waals surface area contributed by atoms with E-state index in [1.807, 2.05) is 0 Å². The van der Waals surface area contributed by atoms with Gasteiger partial charge in [-0.25, -0.2) is 48.7 Å². The van der Waals surface area contributed by atoms with Crippen LogP contribution in [0.2, 0.25) is 0 Å². The number of hydrogen-bond donors (Lipinski definition) is 1. The first-order valence-electron chi connectivity index (χ1n) is 6.39. The summed E-state index contributed by atoms with van der Waals surface area (Å²) in [6.07, 6.45) is -0.448. The minimum atomic E-state index is -2.67. The third-order valence-electron chi connectivity index (χ3n) is 3.24. The molecule has 0 aliphatic rings. The molecule has 0 amide bonds. The number of carbonyl (C=O) groups is 1. The molecule has 2 aromatic carbocycles. The molecule has 27 heavy (non-hydrogen) atoms. The van der Waals surface area contributed by atoms with E-state index in [0.717, 1.165) is 0 Å². The SMILES string of the molecule is O=C(O)/C(=C/c1c(F)c(F)c(F)c(F)c1F)c1c(F)c(F)c(F)c(F)c1F. The van der Waals surface area contributed by atoms with Gasteiger partial charge in [-0.15, -0.1) is 0 Å². The Morgan fingerprint density at radius 2 is 0.852 bits per heavy atom. The van der Waals surface area contributed by atoms with Gasteiger partial charge in [0, 0.05) is 0 Å². The third kappa shape index (κ3) is 3.11. The highest BCUT2D eigenvalue weighted by molar-refractivity contribution is 6.20. The predicted octanol–water partition coefficient (Wildman–Crippen LogP) is 4.70. The van der Waals surface area contributed by atoms with Gasteiger partial charge in [0.1, 0.15) is 0 Å². The van der Waals surface area contributed by atoms with E-state index in [9.17, 15) is 48.7 Å². The first kappa shape index (κ1) is 20.3. The van der Waals surface area contributed by atoms with Crippen molar-refractivity contribution in [2.45, 2.75) is 0 Å². The molecule has 0 saturated carbocycles. The Labute approximate surface area is 142 Å². The standard InChI is InChI=1S/C15H2F10O2/c16-5-3(6(17)10(21)13(24)9(5)20)1-2(15(26)27)4-7(18)11(22)14(25)12(23)8(4)19/h1H,(H,26,27)/b2-1+. The van der Waals surface area contributed by atoms with Crippen molar-refractivity contribution in [3.63, 3.8) is 0 Å². The molecule has 0 aliphatic carbocycles. The van der Waals surface area contributed by atoms with Crippen LogP contribution in [0.3, 0.4) is 0 Å². The number of benzene rings is 2. The first-order valence-corrected chi connectivity index (χ1v) is 6.39. The molecule has 0 aliphatic heterocycles. The van der Waals surface area contributed by atoms with E-state index in [1.165, 1.54) is 0 Å². The van der Waals surface area contributed by atoms with E-state index in [2.05, 4.69) is 0 Å². The largest absolute Gasteiger partial charge is 0.478 e. The Morgan fingerprint density at radius 1 is 0.556 bits per heavy atom. The Kier molecular flexibility index (Phi) is 5.20. The molecule has 0 atom stereocenters. The second-order valence-corrected chi connectivity index (χ2v) is 4.79. The van der Waals surface area contributed by atoms with Crippen molar-refractivity contribution in [1.82, 2.24) is 0 Å². The lowest BCUT2D eigenvalue weighted by Gasteiger charge is -2.10. The summed E-state index contributed by atoms with van der Waals surface area (Å²) in [5.41, 5.74) is -6.05. The molecule has 0 fully saturated rings. The van der Waals surface area contributed by atoms with Gasteiger partial charge in [-0.2, -0.15) is 0 Å². The van der Waals surface area contributed by atoms with Crippen molar-refractivity contribution in [3.8, 4) is 0 Å². The fourth-order valence-corrected chi connectivity index (χ4v) is 1.98. The Bertz CT molecular complexity index is 955. The lowest BCUT2D eigenvalue weighted by Crippen LogP contribution is -2.12. The summed E-state index contributed by atoms with van der Waals surface area (Å²) < 4.78 is 133. The van der Waals surface area contributed by atoms with E-state index in [1.54, 1.807) is 0 Å². The predicted molar refractivity (Wildman–Crippen MR) is 68.0 cm³/mol. The van der Waals surface area contributed by atoms with Crippen molar-refractivity contribution in [1.29, 1.82) is 0 Å². The van der Waals surface area contributed by atoms with E-state index >= 15 is 0 Å². The first-order chi connectivity index (χ1) is 12.4. The van der Waals surface area contributed by atoms with Crippen LogP contribution in [0, 0.1) is 58.2 Å². The highest BCUT2D eigenvalue weighted by atomic mass is 19.2. The summed E-state index contributed by atoms with van der Waals surface area (Å²) in [7, 11) is 0. The molecular formula is C15H2F10O2. The normalized spacial score (nSPS) is 11.9. The van der Waals surface area contributed by atoms with Crippen LogP contribution in [0.15, 0.2) is 0 Å². The molecule has 0 spiro atoms. The number of carboxylic acid groups (broad SMARTS) is 1. The van der Waals surface area contributed by atoms with Crippen molar-refractivity contribution in [2.24, 2.45) is 0 Å².